The molecule has 0 saturated heterocycles. The summed E-state index contributed by atoms with van der Waals surface area (Å²) in [5.41, 5.74) is 9.47. The fourth-order valence-electron chi connectivity index (χ4n) is 2.58. The minimum absolute atomic E-state index is 0.503. The Morgan fingerprint density at radius 3 is 2.62 bits per heavy atom. The number of hydrogen-bond acceptors (Lipinski definition) is 4. The summed E-state index contributed by atoms with van der Waals surface area (Å²) in [5, 5.41) is 0. The second kappa shape index (κ2) is 5.35. The van der Waals surface area contributed by atoms with Gasteiger partial charge in [-0.2, -0.15) is 0 Å². The highest BCUT2D eigenvalue weighted by Gasteiger charge is 2.28. The molecule has 4 nitrogen and oxygen atoms in total. The van der Waals surface area contributed by atoms with Gasteiger partial charge in [-0.25, -0.2) is 9.97 Å². The van der Waals surface area contributed by atoms with Crippen molar-refractivity contribution in [3.05, 3.63) is 41.2 Å². The van der Waals surface area contributed by atoms with E-state index in [0.29, 0.717) is 11.7 Å². The largest absolute Gasteiger partial charge is 0.383 e. The van der Waals surface area contributed by atoms with Crippen LogP contribution in [0, 0.1) is 13.8 Å². The summed E-state index contributed by atoms with van der Waals surface area (Å²) >= 11 is 0. The van der Waals surface area contributed by atoms with E-state index in [9.17, 15) is 0 Å². The van der Waals surface area contributed by atoms with Crippen LogP contribution < -0.4 is 10.6 Å². The van der Waals surface area contributed by atoms with Gasteiger partial charge >= 0.3 is 0 Å². The number of rotatable bonds is 4. The van der Waals surface area contributed by atoms with E-state index in [0.717, 1.165) is 29.4 Å². The Kier molecular flexibility index (Phi) is 3.53. The highest BCUT2D eigenvalue weighted by molar-refractivity contribution is 5.67. The lowest BCUT2D eigenvalue weighted by Gasteiger charge is -2.25. The maximum Gasteiger partial charge on any atom is 0.141 e. The van der Waals surface area contributed by atoms with Gasteiger partial charge < -0.3 is 10.6 Å². The van der Waals surface area contributed by atoms with Gasteiger partial charge in [0, 0.05) is 23.7 Å². The SMILES string of the molecule is CCN(c1cccc(C)c1)c1nc(C2CC2)nc(N)c1C. The number of hydrogen-bond donors (Lipinski definition) is 1. The Labute approximate surface area is 126 Å². The zero-order valence-corrected chi connectivity index (χ0v) is 12.9. The molecule has 110 valence electrons. The van der Waals surface area contributed by atoms with Crippen molar-refractivity contribution in [1.29, 1.82) is 0 Å². The number of aromatic nitrogens is 2. The van der Waals surface area contributed by atoms with Crippen molar-refractivity contribution in [2.24, 2.45) is 0 Å². The van der Waals surface area contributed by atoms with Crippen LogP contribution in [0.15, 0.2) is 24.3 Å². The molecule has 0 aliphatic heterocycles. The quantitative estimate of drug-likeness (QED) is 0.928. The zero-order valence-electron chi connectivity index (χ0n) is 12.9. The molecule has 4 heteroatoms. The molecule has 0 bridgehead atoms. The molecule has 0 amide bonds. The second-order valence-electron chi connectivity index (χ2n) is 5.77. The van der Waals surface area contributed by atoms with E-state index in [1.54, 1.807) is 0 Å². The van der Waals surface area contributed by atoms with Gasteiger partial charge in [0.25, 0.3) is 0 Å². The second-order valence-corrected chi connectivity index (χ2v) is 5.77. The Hall–Kier alpha value is -2.10. The lowest BCUT2D eigenvalue weighted by Crippen LogP contribution is -2.20. The van der Waals surface area contributed by atoms with Crippen LogP contribution in [-0.4, -0.2) is 16.5 Å². The lowest BCUT2D eigenvalue weighted by molar-refractivity contribution is 0.888. The first-order valence-electron chi connectivity index (χ1n) is 7.58. The van der Waals surface area contributed by atoms with Crippen molar-refractivity contribution in [3.63, 3.8) is 0 Å². The summed E-state index contributed by atoms with van der Waals surface area (Å²) in [4.78, 5) is 11.5. The molecule has 1 saturated carbocycles. The Balaban J connectivity index is 2.07. The van der Waals surface area contributed by atoms with E-state index in [4.69, 9.17) is 10.7 Å². The summed E-state index contributed by atoms with van der Waals surface area (Å²) in [6.07, 6.45) is 2.36. The van der Waals surface area contributed by atoms with Crippen molar-refractivity contribution < 1.29 is 0 Å². The third-order valence-corrected chi connectivity index (χ3v) is 4.00. The number of nitrogens with zero attached hydrogens (tertiary/aromatic N) is 3. The molecule has 3 rings (SSSR count). The summed E-state index contributed by atoms with van der Waals surface area (Å²) in [6.45, 7) is 7.09. The summed E-state index contributed by atoms with van der Waals surface area (Å²) in [7, 11) is 0. The highest BCUT2D eigenvalue weighted by Crippen LogP contribution is 2.40. The lowest BCUT2D eigenvalue weighted by atomic mass is 10.2. The van der Waals surface area contributed by atoms with E-state index >= 15 is 0 Å². The third kappa shape index (κ3) is 2.71. The van der Waals surface area contributed by atoms with Gasteiger partial charge in [-0.05, 0) is 51.3 Å². The fraction of sp³-hybridized carbons (Fsp3) is 0.412. The molecule has 0 spiro atoms. The summed E-state index contributed by atoms with van der Waals surface area (Å²) < 4.78 is 0. The molecule has 1 aliphatic rings. The maximum absolute atomic E-state index is 6.11. The first-order chi connectivity index (χ1) is 10.1. The normalized spacial score (nSPS) is 14.2. The van der Waals surface area contributed by atoms with Gasteiger partial charge in [0.05, 0.1) is 0 Å². The average molecular weight is 282 g/mol. The molecule has 0 atom stereocenters. The van der Waals surface area contributed by atoms with Crippen molar-refractivity contribution in [3.8, 4) is 0 Å². The maximum atomic E-state index is 6.11. The predicted molar refractivity (Wildman–Crippen MR) is 87.0 cm³/mol. The van der Waals surface area contributed by atoms with E-state index in [-0.39, 0.29) is 0 Å². The average Bonchev–Trinajstić information content (AvgIpc) is 3.28. The Morgan fingerprint density at radius 1 is 1.24 bits per heavy atom. The molecule has 0 radical (unpaired) electrons. The number of nitrogen functional groups attached to an aromatic ring is 1. The smallest absolute Gasteiger partial charge is 0.141 e. The van der Waals surface area contributed by atoms with Gasteiger partial charge in [-0.3, -0.25) is 0 Å². The molecule has 1 fully saturated rings. The van der Waals surface area contributed by atoms with Gasteiger partial charge in [0.1, 0.15) is 17.5 Å². The molecule has 1 aromatic heterocycles. The monoisotopic (exact) mass is 282 g/mol. The zero-order chi connectivity index (χ0) is 15.0. The van der Waals surface area contributed by atoms with Crippen LogP contribution in [0.4, 0.5) is 17.3 Å². The highest BCUT2D eigenvalue weighted by atomic mass is 15.2. The first kappa shape index (κ1) is 13.9. The van der Waals surface area contributed by atoms with Gasteiger partial charge in [-0.15, -0.1) is 0 Å². The molecule has 1 heterocycles. The van der Waals surface area contributed by atoms with Crippen LogP contribution in [0.1, 0.15) is 42.6 Å². The minimum Gasteiger partial charge on any atom is -0.383 e. The number of aryl methyl sites for hydroxylation is 1. The number of nitrogens with two attached hydrogens (primary N) is 1. The third-order valence-electron chi connectivity index (χ3n) is 4.00. The van der Waals surface area contributed by atoms with E-state index in [2.05, 4.69) is 48.0 Å². The Morgan fingerprint density at radius 2 is 2.00 bits per heavy atom. The van der Waals surface area contributed by atoms with Crippen molar-refractivity contribution in [2.45, 2.75) is 39.5 Å². The van der Waals surface area contributed by atoms with Crippen LogP contribution >= 0.6 is 0 Å². The predicted octanol–water partition coefficient (Wildman–Crippen LogP) is 3.71. The van der Waals surface area contributed by atoms with Gasteiger partial charge in [0.15, 0.2) is 0 Å². The van der Waals surface area contributed by atoms with Crippen LogP contribution in [0.2, 0.25) is 0 Å². The van der Waals surface area contributed by atoms with Crippen LogP contribution in [0.25, 0.3) is 0 Å². The molecular formula is C17H22N4. The van der Waals surface area contributed by atoms with Crippen molar-refractivity contribution in [1.82, 2.24) is 9.97 Å². The first-order valence-corrected chi connectivity index (χ1v) is 7.58. The van der Waals surface area contributed by atoms with E-state index in [1.165, 1.54) is 18.4 Å². The fourth-order valence-corrected chi connectivity index (χ4v) is 2.58. The minimum atomic E-state index is 0.503. The van der Waals surface area contributed by atoms with Crippen LogP contribution in [-0.2, 0) is 0 Å². The molecule has 1 aromatic carbocycles. The Bertz CT molecular complexity index is 662. The molecule has 21 heavy (non-hydrogen) atoms. The number of benzene rings is 1. The van der Waals surface area contributed by atoms with Crippen molar-refractivity contribution in [2.75, 3.05) is 17.2 Å². The van der Waals surface area contributed by atoms with Gasteiger partial charge in [0.2, 0.25) is 0 Å². The van der Waals surface area contributed by atoms with E-state index < -0.39 is 0 Å². The molecule has 0 unspecified atom stereocenters. The molecule has 2 N–H and O–H groups in total. The van der Waals surface area contributed by atoms with Gasteiger partial charge in [-0.1, -0.05) is 12.1 Å². The summed E-state index contributed by atoms with van der Waals surface area (Å²) in [5.74, 6) is 2.95. The van der Waals surface area contributed by atoms with Crippen LogP contribution in [0.5, 0.6) is 0 Å². The van der Waals surface area contributed by atoms with Crippen LogP contribution in [0.3, 0.4) is 0 Å². The molecule has 1 aliphatic carbocycles. The topological polar surface area (TPSA) is 55.0 Å². The standard InChI is InChI=1S/C17H22N4/c1-4-21(14-7-5-6-11(2)10-14)17-12(3)15(18)19-16(20-17)13-8-9-13/h5-7,10,13H,4,8-9H2,1-3H3,(H2,18,19,20). The molecule has 2 aromatic rings. The molecular weight excluding hydrogens is 260 g/mol. The van der Waals surface area contributed by atoms with Crippen molar-refractivity contribution >= 4 is 17.3 Å². The summed E-state index contributed by atoms with van der Waals surface area (Å²) in [6, 6.07) is 8.48. The van der Waals surface area contributed by atoms with E-state index in [1.807, 2.05) is 6.92 Å². The number of anilines is 3.